The van der Waals surface area contributed by atoms with Gasteiger partial charge in [-0.3, -0.25) is 0 Å². The summed E-state index contributed by atoms with van der Waals surface area (Å²) in [5, 5.41) is 9.24. The van der Waals surface area contributed by atoms with E-state index in [9.17, 15) is 0 Å². The Morgan fingerprint density at radius 2 is 1.16 bits per heavy atom. The summed E-state index contributed by atoms with van der Waals surface area (Å²) >= 11 is 0. The molecule has 230 valence electrons. The zero-order chi connectivity index (χ0) is 32.3. The van der Waals surface area contributed by atoms with E-state index in [4.69, 9.17) is 19.4 Å². The molecule has 2 heterocycles. The molecule has 0 atom stereocenters. The summed E-state index contributed by atoms with van der Waals surface area (Å²) < 4.78 is 6.31. The van der Waals surface area contributed by atoms with Gasteiger partial charge in [0, 0.05) is 27.5 Å². The van der Waals surface area contributed by atoms with Gasteiger partial charge in [-0.15, -0.1) is 0 Å². The van der Waals surface area contributed by atoms with Crippen LogP contribution in [0, 0.1) is 0 Å². The lowest BCUT2D eigenvalue weighted by molar-refractivity contribution is 0.669. The van der Waals surface area contributed by atoms with Gasteiger partial charge in [-0.25, -0.2) is 15.0 Å². The predicted octanol–water partition coefficient (Wildman–Crippen LogP) is 11.8. The van der Waals surface area contributed by atoms with E-state index in [0.29, 0.717) is 17.5 Å². The minimum Gasteiger partial charge on any atom is -0.456 e. The third-order valence-electron chi connectivity index (χ3n) is 9.79. The van der Waals surface area contributed by atoms with Gasteiger partial charge >= 0.3 is 0 Å². The maximum Gasteiger partial charge on any atom is 0.164 e. The molecule has 0 radical (unpaired) electrons. The summed E-state index contributed by atoms with van der Waals surface area (Å²) in [5.74, 6) is 1.98. The molecule has 0 unspecified atom stereocenters. The van der Waals surface area contributed by atoms with Crippen LogP contribution in [0.1, 0.15) is 24.2 Å². The predicted molar refractivity (Wildman–Crippen MR) is 202 cm³/mol. The van der Waals surface area contributed by atoms with Crippen molar-refractivity contribution in [3.05, 3.63) is 163 Å². The van der Waals surface area contributed by atoms with Gasteiger partial charge in [0.05, 0.1) is 0 Å². The van der Waals surface area contributed by atoms with Crippen LogP contribution in [0.4, 0.5) is 0 Å². The van der Waals surface area contributed by atoms with Gasteiger partial charge in [0.2, 0.25) is 0 Å². The van der Waals surface area contributed by atoms with Crippen LogP contribution in [0.3, 0.4) is 0 Å². The molecule has 1 aliphatic rings. The molecule has 2 aromatic heterocycles. The largest absolute Gasteiger partial charge is 0.456 e. The molecule has 0 fully saturated rings. The number of rotatable bonds is 4. The Balaban J connectivity index is 1.27. The number of hydrogen-bond donors (Lipinski definition) is 0. The normalized spacial score (nSPS) is 13.4. The first-order chi connectivity index (χ1) is 24.3. The first-order valence-electron chi connectivity index (χ1n) is 16.8. The first-order valence-corrected chi connectivity index (χ1v) is 16.8. The zero-order valence-corrected chi connectivity index (χ0v) is 26.6. The molecule has 49 heavy (non-hydrogen) atoms. The number of furan rings is 1. The van der Waals surface area contributed by atoms with Gasteiger partial charge in [0.15, 0.2) is 17.5 Å². The summed E-state index contributed by atoms with van der Waals surface area (Å²) in [6.07, 6.45) is 6.24. The minimum absolute atomic E-state index is 0.654. The van der Waals surface area contributed by atoms with E-state index < -0.39 is 0 Å². The third-order valence-corrected chi connectivity index (χ3v) is 9.79. The molecule has 4 heteroatoms. The smallest absolute Gasteiger partial charge is 0.164 e. The Hall–Kier alpha value is -6.39. The number of aromatic nitrogens is 3. The SMILES string of the molecule is C1=CC(c2nc(-c3ccc4ccccc4c3)nc(-c3cc4ccccc4c4ccccc34)n2)=C(c2cccc3oc4ccccc4c23)CC1. The van der Waals surface area contributed by atoms with Gasteiger partial charge in [-0.05, 0) is 80.6 Å². The maximum absolute atomic E-state index is 6.31. The maximum atomic E-state index is 6.31. The zero-order valence-electron chi connectivity index (χ0n) is 26.6. The topological polar surface area (TPSA) is 51.8 Å². The molecule has 10 rings (SSSR count). The van der Waals surface area contributed by atoms with Crippen molar-refractivity contribution in [1.82, 2.24) is 15.0 Å². The van der Waals surface area contributed by atoms with Crippen LogP contribution in [0.25, 0.3) is 88.2 Å². The fourth-order valence-corrected chi connectivity index (χ4v) is 7.49. The fourth-order valence-electron chi connectivity index (χ4n) is 7.49. The van der Waals surface area contributed by atoms with Crippen molar-refractivity contribution in [3.8, 4) is 22.8 Å². The van der Waals surface area contributed by atoms with Crippen molar-refractivity contribution in [2.45, 2.75) is 12.8 Å². The summed E-state index contributed by atoms with van der Waals surface area (Å²) in [4.78, 5) is 15.8. The van der Waals surface area contributed by atoms with Crippen LogP contribution in [0.15, 0.2) is 156 Å². The van der Waals surface area contributed by atoms with E-state index in [1.165, 1.54) is 21.7 Å². The molecule has 0 N–H and O–H groups in total. The number of benzene rings is 7. The second kappa shape index (κ2) is 11.1. The number of allylic oxidation sites excluding steroid dienone is 4. The molecule has 4 nitrogen and oxygen atoms in total. The Bertz CT molecular complexity index is 2840. The highest BCUT2D eigenvalue weighted by molar-refractivity contribution is 6.14. The Labute approximate surface area is 282 Å². The Kier molecular flexibility index (Phi) is 6.28. The summed E-state index contributed by atoms with van der Waals surface area (Å²) in [5.41, 5.74) is 7.11. The number of para-hydroxylation sites is 1. The van der Waals surface area contributed by atoms with E-state index in [-0.39, 0.29) is 0 Å². The van der Waals surface area contributed by atoms with Gasteiger partial charge < -0.3 is 4.42 Å². The lowest BCUT2D eigenvalue weighted by Crippen LogP contribution is -2.05. The molecule has 7 aromatic carbocycles. The van der Waals surface area contributed by atoms with Crippen LogP contribution in [-0.4, -0.2) is 15.0 Å². The average molecular weight is 628 g/mol. The number of hydrogen-bond acceptors (Lipinski definition) is 4. The summed E-state index contributed by atoms with van der Waals surface area (Å²) in [6, 6.07) is 48.8. The molecule has 0 saturated carbocycles. The van der Waals surface area contributed by atoms with Crippen molar-refractivity contribution in [3.63, 3.8) is 0 Å². The Morgan fingerprint density at radius 3 is 2.06 bits per heavy atom. The quantitative estimate of drug-likeness (QED) is 0.182. The first kappa shape index (κ1) is 27.7. The van der Waals surface area contributed by atoms with Gasteiger partial charge in [-0.2, -0.15) is 0 Å². The molecule has 1 aliphatic carbocycles. The highest BCUT2D eigenvalue weighted by atomic mass is 16.3. The molecular formula is C45H29N3O. The van der Waals surface area contributed by atoms with Crippen LogP contribution in [0.2, 0.25) is 0 Å². The van der Waals surface area contributed by atoms with E-state index >= 15 is 0 Å². The average Bonchev–Trinajstić information content (AvgIpc) is 3.56. The van der Waals surface area contributed by atoms with Crippen LogP contribution in [0.5, 0.6) is 0 Å². The lowest BCUT2D eigenvalue weighted by atomic mass is 9.88. The molecular weight excluding hydrogens is 599 g/mol. The standard InChI is InChI=1S/C45H29N3O/c1-2-13-29-26-31(25-24-28(29)12-1)43-46-44(48-45(47-43)39-27-30-14-3-4-15-32(30)33-16-5-6-17-34(33)39)37-19-8-7-18-35(37)36-21-11-23-41-42(36)38-20-9-10-22-40(38)49-41/h1-6,8-17,19-27H,7,18H2. The van der Waals surface area contributed by atoms with Gasteiger partial charge in [0.1, 0.15) is 11.2 Å². The van der Waals surface area contributed by atoms with Crippen molar-refractivity contribution in [1.29, 1.82) is 0 Å². The molecule has 9 aromatic rings. The summed E-state index contributed by atoms with van der Waals surface area (Å²) in [7, 11) is 0. The second-order valence-corrected chi connectivity index (χ2v) is 12.7. The van der Waals surface area contributed by atoms with Crippen molar-refractivity contribution < 1.29 is 4.42 Å². The lowest BCUT2D eigenvalue weighted by Gasteiger charge is -2.18. The van der Waals surface area contributed by atoms with Crippen LogP contribution < -0.4 is 0 Å². The van der Waals surface area contributed by atoms with Crippen LogP contribution in [-0.2, 0) is 0 Å². The highest BCUT2D eigenvalue weighted by Gasteiger charge is 2.22. The fraction of sp³-hybridized carbons (Fsp3) is 0.0444. The van der Waals surface area contributed by atoms with E-state index in [0.717, 1.165) is 73.2 Å². The highest BCUT2D eigenvalue weighted by Crippen LogP contribution is 2.41. The van der Waals surface area contributed by atoms with Crippen molar-refractivity contribution in [2.75, 3.05) is 0 Å². The Morgan fingerprint density at radius 1 is 0.469 bits per heavy atom. The van der Waals surface area contributed by atoms with Crippen molar-refractivity contribution in [2.24, 2.45) is 0 Å². The molecule has 0 amide bonds. The molecule has 0 bridgehead atoms. The number of nitrogens with zero attached hydrogens (tertiary/aromatic N) is 3. The third kappa shape index (κ3) is 4.56. The van der Waals surface area contributed by atoms with Gasteiger partial charge in [-0.1, -0.05) is 127 Å². The molecule has 0 saturated heterocycles. The summed E-state index contributed by atoms with van der Waals surface area (Å²) in [6.45, 7) is 0. The second-order valence-electron chi connectivity index (χ2n) is 12.7. The van der Waals surface area contributed by atoms with Gasteiger partial charge in [0.25, 0.3) is 0 Å². The van der Waals surface area contributed by atoms with E-state index in [1.54, 1.807) is 0 Å². The van der Waals surface area contributed by atoms with Crippen LogP contribution >= 0.6 is 0 Å². The monoisotopic (exact) mass is 627 g/mol. The number of fused-ring (bicyclic) bond motifs is 7. The van der Waals surface area contributed by atoms with E-state index in [2.05, 4.69) is 140 Å². The van der Waals surface area contributed by atoms with E-state index in [1.807, 2.05) is 12.1 Å². The molecule has 0 aliphatic heterocycles. The van der Waals surface area contributed by atoms with Crippen molar-refractivity contribution >= 4 is 65.4 Å². The molecule has 0 spiro atoms. The minimum atomic E-state index is 0.654.